The summed E-state index contributed by atoms with van der Waals surface area (Å²) in [6, 6.07) is 13.0. The first-order valence-corrected chi connectivity index (χ1v) is 6.62. The van der Waals surface area contributed by atoms with E-state index in [1.54, 1.807) is 24.3 Å². The minimum atomic E-state index is -0.682. The van der Waals surface area contributed by atoms with Crippen LogP contribution in [0.4, 0.5) is 5.69 Å². The average molecular weight is 311 g/mol. The van der Waals surface area contributed by atoms with Crippen LogP contribution in [0.1, 0.15) is 11.1 Å². The molecule has 0 aliphatic carbocycles. The lowest BCUT2D eigenvalue weighted by Gasteiger charge is -2.19. The number of hydrogen-bond donors (Lipinski definition) is 2. The molecule has 7 nitrogen and oxygen atoms in total. The van der Waals surface area contributed by atoms with E-state index in [2.05, 4.69) is 4.99 Å². The Kier molecular flexibility index (Phi) is 3.80. The number of carbonyl (C=O) groups is 1. The van der Waals surface area contributed by atoms with E-state index in [4.69, 9.17) is 15.2 Å². The number of benzene rings is 2. The maximum Gasteiger partial charge on any atom is 0.363 e. The summed E-state index contributed by atoms with van der Waals surface area (Å²) in [7, 11) is 0. The molecule has 1 aliphatic heterocycles. The predicted molar refractivity (Wildman–Crippen MR) is 79.0 cm³/mol. The predicted octanol–water partition coefficient (Wildman–Crippen LogP) is 1.69. The Labute approximate surface area is 130 Å². The van der Waals surface area contributed by atoms with Crippen molar-refractivity contribution in [2.24, 2.45) is 4.99 Å². The molecule has 2 aromatic carbocycles. The highest BCUT2D eigenvalue weighted by molar-refractivity contribution is 6.13. The zero-order valence-corrected chi connectivity index (χ0v) is 11.7. The number of hydrogen-bond acceptors (Lipinski definition) is 7. The molecule has 23 heavy (non-hydrogen) atoms. The summed E-state index contributed by atoms with van der Waals surface area (Å²) in [6.45, 7) is 0. The van der Waals surface area contributed by atoms with Crippen LogP contribution in [0.25, 0.3) is 6.08 Å². The van der Waals surface area contributed by atoms with Crippen LogP contribution >= 0.6 is 0 Å². The van der Waals surface area contributed by atoms with Gasteiger partial charge in [0.15, 0.2) is 5.70 Å². The molecule has 0 amide bonds. The van der Waals surface area contributed by atoms with Crippen molar-refractivity contribution >= 4 is 23.6 Å². The van der Waals surface area contributed by atoms with Crippen LogP contribution in [-0.4, -0.2) is 22.3 Å². The van der Waals surface area contributed by atoms with Gasteiger partial charge in [-0.1, -0.05) is 36.1 Å². The number of anilines is 1. The molecule has 0 saturated carbocycles. The van der Waals surface area contributed by atoms with Gasteiger partial charge in [0.05, 0.1) is 5.69 Å². The number of ether oxygens (including phenoxy) is 1. The first-order valence-electron chi connectivity index (χ1n) is 6.62. The number of aliphatic imine (C=N–C) groups is 1. The Bertz CT molecular complexity index is 812. The first kappa shape index (κ1) is 14.8. The van der Waals surface area contributed by atoms with Crippen molar-refractivity contribution in [1.29, 1.82) is 0 Å². The van der Waals surface area contributed by atoms with Gasteiger partial charge in [0, 0.05) is 5.56 Å². The van der Waals surface area contributed by atoms with Crippen LogP contribution < -0.4 is 10.3 Å². The minimum absolute atomic E-state index is 0.0412. The quantitative estimate of drug-likeness (QED) is 0.507. The van der Waals surface area contributed by atoms with E-state index in [9.17, 15) is 9.90 Å². The molecule has 0 spiro atoms. The highest BCUT2D eigenvalue weighted by Crippen LogP contribution is 2.29. The average Bonchev–Trinajstić information content (AvgIpc) is 2.91. The molecule has 0 radical (unpaired) electrons. The number of para-hydroxylation sites is 1. The van der Waals surface area contributed by atoms with E-state index in [0.717, 1.165) is 0 Å². The maximum absolute atomic E-state index is 12.0. The van der Waals surface area contributed by atoms with Gasteiger partial charge < -0.3 is 9.84 Å². The minimum Gasteiger partial charge on any atom is -0.871 e. The van der Waals surface area contributed by atoms with E-state index in [1.165, 1.54) is 24.3 Å². The smallest absolute Gasteiger partial charge is 0.363 e. The third-order valence-electron chi connectivity index (χ3n) is 3.17. The second-order valence-electron chi connectivity index (χ2n) is 4.69. The molecule has 1 aliphatic rings. The Hall–Kier alpha value is -3.16. The largest absolute Gasteiger partial charge is 0.871 e. The van der Waals surface area contributed by atoms with Crippen molar-refractivity contribution in [3.05, 3.63) is 65.4 Å². The highest BCUT2D eigenvalue weighted by atomic mass is 16.8. The fourth-order valence-corrected chi connectivity index (χ4v) is 2.07. The van der Waals surface area contributed by atoms with Gasteiger partial charge in [-0.25, -0.2) is 9.79 Å². The summed E-state index contributed by atoms with van der Waals surface area (Å²) in [5, 5.41) is 29.7. The van der Waals surface area contributed by atoms with E-state index >= 15 is 0 Å². The van der Waals surface area contributed by atoms with Crippen molar-refractivity contribution in [3.63, 3.8) is 0 Å². The Morgan fingerprint density at radius 3 is 2.52 bits per heavy atom. The monoisotopic (exact) mass is 311 g/mol. The normalized spacial score (nSPS) is 15.5. The molecular formula is C16H11N2O5-. The molecule has 0 bridgehead atoms. The Morgan fingerprint density at radius 2 is 1.83 bits per heavy atom. The molecule has 1 heterocycles. The van der Waals surface area contributed by atoms with Crippen LogP contribution in [0.2, 0.25) is 0 Å². The summed E-state index contributed by atoms with van der Waals surface area (Å²) in [4.78, 5) is 16.0. The summed E-state index contributed by atoms with van der Waals surface area (Å²) in [6.07, 6.45) is 1.24. The molecule has 0 fully saturated rings. The number of carbonyl (C=O) groups excluding carboxylic acids is 1. The van der Waals surface area contributed by atoms with Crippen molar-refractivity contribution in [2.75, 3.05) is 5.23 Å². The van der Waals surface area contributed by atoms with Crippen molar-refractivity contribution in [2.45, 2.75) is 0 Å². The van der Waals surface area contributed by atoms with Gasteiger partial charge in [-0.15, -0.1) is 5.23 Å². The number of rotatable bonds is 3. The molecule has 0 unspecified atom stereocenters. The third kappa shape index (κ3) is 2.91. The van der Waals surface area contributed by atoms with Crippen LogP contribution in [0.15, 0.2) is 59.2 Å². The topological polar surface area (TPSA) is 105 Å². The van der Waals surface area contributed by atoms with Gasteiger partial charge in [-0.05, 0) is 29.8 Å². The molecule has 0 saturated heterocycles. The third-order valence-corrected chi connectivity index (χ3v) is 3.17. The Balaban J connectivity index is 1.99. The van der Waals surface area contributed by atoms with Gasteiger partial charge in [0.25, 0.3) is 0 Å². The van der Waals surface area contributed by atoms with Crippen LogP contribution in [0.5, 0.6) is 5.75 Å². The van der Waals surface area contributed by atoms with E-state index in [0.29, 0.717) is 5.56 Å². The van der Waals surface area contributed by atoms with Crippen molar-refractivity contribution in [1.82, 2.24) is 0 Å². The zero-order chi connectivity index (χ0) is 16.4. The van der Waals surface area contributed by atoms with Gasteiger partial charge >= 0.3 is 5.97 Å². The van der Waals surface area contributed by atoms with Gasteiger partial charge in [0.2, 0.25) is 5.90 Å². The second-order valence-corrected chi connectivity index (χ2v) is 4.69. The Morgan fingerprint density at radius 1 is 1.09 bits per heavy atom. The zero-order valence-electron chi connectivity index (χ0n) is 11.7. The van der Waals surface area contributed by atoms with Crippen molar-refractivity contribution < 1.29 is 25.1 Å². The fraction of sp³-hybridized carbons (Fsp3) is 0. The number of cyclic esters (lactones) is 1. The first-order chi connectivity index (χ1) is 11.1. The SMILES string of the molecule is O=C1OC(c2ccccc2)=NC1=Cc1cccc(N(O)O)c1[O-]. The molecule has 7 heteroatoms. The maximum atomic E-state index is 12.0. The van der Waals surface area contributed by atoms with Crippen molar-refractivity contribution in [3.8, 4) is 5.75 Å². The molecule has 0 aromatic heterocycles. The highest BCUT2D eigenvalue weighted by Gasteiger charge is 2.24. The lowest BCUT2D eigenvalue weighted by Crippen LogP contribution is -2.14. The molecular weight excluding hydrogens is 300 g/mol. The summed E-state index contributed by atoms with van der Waals surface area (Å²) in [5.74, 6) is -1.18. The van der Waals surface area contributed by atoms with E-state index in [1.807, 2.05) is 6.07 Å². The molecule has 3 rings (SSSR count). The van der Waals surface area contributed by atoms with E-state index in [-0.39, 0.29) is 28.1 Å². The lowest BCUT2D eigenvalue weighted by atomic mass is 10.1. The summed E-state index contributed by atoms with van der Waals surface area (Å²) >= 11 is 0. The van der Waals surface area contributed by atoms with E-state index < -0.39 is 11.7 Å². The standard InChI is InChI=1S/C16H12N2O5/c19-14-11(7-4-8-13(14)18(21)22)9-12-16(20)23-15(17-12)10-5-2-1-3-6-10/h1-9,19,21-22H/p-1. The van der Waals surface area contributed by atoms with Crippen LogP contribution in [0.3, 0.4) is 0 Å². The summed E-state index contributed by atoms with van der Waals surface area (Å²) in [5.41, 5.74) is 0.344. The fourth-order valence-electron chi connectivity index (χ4n) is 2.07. The van der Waals surface area contributed by atoms with Gasteiger partial charge in [-0.3, -0.25) is 10.4 Å². The summed E-state index contributed by atoms with van der Waals surface area (Å²) < 4.78 is 5.08. The number of esters is 1. The molecule has 116 valence electrons. The lowest BCUT2D eigenvalue weighted by molar-refractivity contribution is -0.268. The number of nitrogens with zero attached hydrogens (tertiary/aromatic N) is 2. The molecule has 0 atom stereocenters. The second kappa shape index (κ2) is 5.91. The van der Waals surface area contributed by atoms with Crippen LogP contribution in [0, 0.1) is 0 Å². The van der Waals surface area contributed by atoms with Gasteiger partial charge in [-0.2, -0.15) is 0 Å². The van der Waals surface area contributed by atoms with Gasteiger partial charge in [0.1, 0.15) is 0 Å². The van der Waals surface area contributed by atoms with Crippen LogP contribution in [-0.2, 0) is 9.53 Å². The molecule has 2 aromatic rings. The molecule has 2 N–H and O–H groups in total.